The van der Waals surface area contributed by atoms with Gasteiger partial charge in [0, 0.05) is 12.7 Å². The molecule has 0 aliphatic heterocycles. The van der Waals surface area contributed by atoms with Gasteiger partial charge in [0.05, 0.1) is 26.0 Å². The Morgan fingerprint density at radius 1 is 1.23 bits per heavy atom. The van der Waals surface area contributed by atoms with Gasteiger partial charge in [-0.3, -0.25) is 0 Å². The van der Waals surface area contributed by atoms with Crippen LogP contribution in [0.3, 0.4) is 0 Å². The lowest BCUT2D eigenvalue weighted by Gasteiger charge is -2.02. The van der Waals surface area contributed by atoms with Crippen molar-refractivity contribution in [2.45, 2.75) is 6.54 Å². The van der Waals surface area contributed by atoms with Crippen LogP contribution < -0.4 is 9.46 Å². The number of rotatable bonds is 8. The zero-order chi connectivity index (χ0) is 16.0. The van der Waals surface area contributed by atoms with E-state index in [0.717, 1.165) is 11.3 Å². The number of sulfonamides is 1. The zero-order valence-electron chi connectivity index (χ0n) is 12.3. The number of hydrogen-bond acceptors (Lipinski definition) is 7. The van der Waals surface area contributed by atoms with Crippen molar-refractivity contribution in [2.75, 3.05) is 26.6 Å². The first-order chi connectivity index (χ1) is 10.5. The zero-order valence-corrected chi connectivity index (χ0v) is 13.1. The quantitative estimate of drug-likeness (QED) is 0.765. The van der Waals surface area contributed by atoms with Crippen molar-refractivity contribution >= 4 is 10.0 Å². The van der Waals surface area contributed by atoms with Crippen LogP contribution in [0.25, 0.3) is 11.4 Å². The minimum Gasteiger partial charge on any atom is -0.497 e. The molecule has 0 fully saturated rings. The van der Waals surface area contributed by atoms with E-state index in [2.05, 4.69) is 14.9 Å². The van der Waals surface area contributed by atoms with Gasteiger partial charge in [0.2, 0.25) is 21.7 Å². The van der Waals surface area contributed by atoms with Gasteiger partial charge in [0.1, 0.15) is 5.75 Å². The largest absolute Gasteiger partial charge is 0.497 e. The van der Waals surface area contributed by atoms with E-state index in [0.29, 0.717) is 5.82 Å². The number of nitrogens with zero attached hydrogens (tertiary/aromatic N) is 2. The predicted octanol–water partition coefficient (Wildman–Crippen LogP) is 0.811. The summed E-state index contributed by atoms with van der Waals surface area (Å²) in [4.78, 5) is 4.14. The molecule has 1 aromatic carbocycles. The maximum absolute atomic E-state index is 11.6. The van der Waals surface area contributed by atoms with Crippen molar-refractivity contribution < 1.29 is 22.4 Å². The Kier molecular flexibility index (Phi) is 5.47. The molecule has 8 nitrogen and oxygen atoms in total. The third-order valence-electron chi connectivity index (χ3n) is 2.82. The second-order valence-corrected chi connectivity index (χ2v) is 6.30. The van der Waals surface area contributed by atoms with Crippen molar-refractivity contribution in [3.63, 3.8) is 0 Å². The Morgan fingerprint density at radius 3 is 2.59 bits per heavy atom. The molecule has 2 rings (SSSR count). The number of benzene rings is 1. The van der Waals surface area contributed by atoms with Crippen LogP contribution in [0.15, 0.2) is 28.8 Å². The smallest absolute Gasteiger partial charge is 0.242 e. The molecule has 0 aliphatic carbocycles. The molecular formula is C13H17N3O5S. The highest BCUT2D eigenvalue weighted by molar-refractivity contribution is 7.89. The van der Waals surface area contributed by atoms with Gasteiger partial charge in [-0.2, -0.15) is 4.98 Å². The highest BCUT2D eigenvalue weighted by Crippen LogP contribution is 2.19. The summed E-state index contributed by atoms with van der Waals surface area (Å²) in [6.07, 6.45) is 0. The molecule has 0 bridgehead atoms. The minimum absolute atomic E-state index is 0.0603. The van der Waals surface area contributed by atoms with Gasteiger partial charge in [0.25, 0.3) is 0 Å². The average Bonchev–Trinajstić information content (AvgIpc) is 3.00. The monoisotopic (exact) mass is 327 g/mol. The van der Waals surface area contributed by atoms with Crippen molar-refractivity contribution in [2.24, 2.45) is 0 Å². The number of aromatic nitrogens is 2. The van der Waals surface area contributed by atoms with Gasteiger partial charge in [-0.15, -0.1) is 0 Å². The number of hydrogen-bond donors (Lipinski definition) is 1. The summed E-state index contributed by atoms with van der Waals surface area (Å²) >= 11 is 0. The van der Waals surface area contributed by atoms with E-state index in [9.17, 15) is 8.42 Å². The number of methoxy groups -OCH3 is 2. The normalized spacial score (nSPS) is 11.5. The Morgan fingerprint density at radius 2 is 1.95 bits per heavy atom. The second-order valence-electron chi connectivity index (χ2n) is 4.37. The highest BCUT2D eigenvalue weighted by atomic mass is 32.2. The first-order valence-corrected chi connectivity index (χ1v) is 8.12. The van der Waals surface area contributed by atoms with E-state index >= 15 is 0 Å². The highest BCUT2D eigenvalue weighted by Gasteiger charge is 2.13. The SMILES string of the molecule is COCCS(=O)(=O)NCc1nc(-c2ccc(OC)cc2)no1. The topological polar surface area (TPSA) is 104 Å². The summed E-state index contributed by atoms with van der Waals surface area (Å²) in [5.74, 6) is 1.17. The first kappa shape index (κ1) is 16.4. The number of ether oxygens (including phenoxy) is 2. The van der Waals surface area contributed by atoms with Crippen LogP contribution in [-0.4, -0.2) is 45.1 Å². The van der Waals surface area contributed by atoms with Gasteiger partial charge in [-0.25, -0.2) is 13.1 Å². The fraction of sp³-hybridized carbons (Fsp3) is 0.385. The van der Waals surface area contributed by atoms with Gasteiger partial charge >= 0.3 is 0 Å². The van der Waals surface area contributed by atoms with E-state index in [4.69, 9.17) is 14.0 Å². The van der Waals surface area contributed by atoms with Crippen molar-refractivity contribution in [3.8, 4) is 17.1 Å². The average molecular weight is 327 g/mol. The molecule has 0 atom stereocenters. The summed E-state index contributed by atoms with van der Waals surface area (Å²) in [6.45, 7) is 0.0610. The lowest BCUT2D eigenvalue weighted by Crippen LogP contribution is -2.27. The lowest BCUT2D eigenvalue weighted by molar-refractivity contribution is 0.217. The van der Waals surface area contributed by atoms with Crippen LogP contribution >= 0.6 is 0 Å². The van der Waals surface area contributed by atoms with Crippen LogP contribution in [0.5, 0.6) is 5.75 Å². The van der Waals surface area contributed by atoms with Crippen LogP contribution in [-0.2, 0) is 21.3 Å². The van der Waals surface area contributed by atoms with Crippen molar-refractivity contribution in [1.82, 2.24) is 14.9 Å². The molecule has 9 heteroatoms. The second kappa shape index (κ2) is 7.34. The Balaban J connectivity index is 1.99. The maximum Gasteiger partial charge on any atom is 0.242 e. The van der Waals surface area contributed by atoms with E-state index in [1.165, 1.54) is 7.11 Å². The molecule has 0 saturated heterocycles. The van der Waals surface area contributed by atoms with Gasteiger partial charge in [-0.1, -0.05) is 5.16 Å². The van der Waals surface area contributed by atoms with Crippen molar-refractivity contribution in [1.29, 1.82) is 0 Å². The molecule has 0 amide bonds. The van der Waals surface area contributed by atoms with E-state index in [1.54, 1.807) is 31.4 Å². The first-order valence-electron chi connectivity index (χ1n) is 6.47. The van der Waals surface area contributed by atoms with Gasteiger partial charge in [-0.05, 0) is 24.3 Å². The summed E-state index contributed by atoms with van der Waals surface area (Å²) < 4.78 is 40.4. The predicted molar refractivity (Wildman–Crippen MR) is 78.8 cm³/mol. The molecule has 0 spiro atoms. The summed E-state index contributed by atoms with van der Waals surface area (Å²) in [6, 6.07) is 7.13. The molecule has 120 valence electrons. The van der Waals surface area contributed by atoms with E-state index in [-0.39, 0.29) is 24.8 Å². The fourth-order valence-corrected chi connectivity index (χ4v) is 2.49. The third kappa shape index (κ3) is 4.52. The van der Waals surface area contributed by atoms with Crippen molar-refractivity contribution in [3.05, 3.63) is 30.2 Å². The number of nitrogens with one attached hydrogen (secondary N) is 1. The molecule has 22 heavy (non-hydrogen) atoms. The summed E-state index contributed by atoms with van der Waals surface area (Å²) in [5.41, 5.74) is 0.748. The van der Waals surface area contributed by atoms with Crippen LogP contribution in [0.1, 0.15) is 5.89 Å². The fourth-order valence-electron chi connectivity index (χ4n) is 1.62. The molecule has 1 N–H and O–H groups in total. The molecule has 0 radical (unpaired) electrons. The van der Waals surface area contributed by atoms with Gasteiger partial charge < -0.3 is 14.0 Å². The third-order valence-corrected chi connectivity index (χ3v) is 4.10. The summed E-state index contributed by atoms with van der Waals surface area (Å²) in [7, 11) is -0.406. The Labute approximate surface area is 128 Å². The molecule has 0 saturated carbocycles. The summed E-state index contributed by atoms with van der Waals surface area (Å²) in [5, 5.41) is 3.82. The van der Waals surface area contributed by atoms with Crippen LogP contribution in [0.2, 0.25) is 0 Å². The Bertz CT molecular complexity index is 697. The molecule has 2 aromatic rings. The molecule has 0 unspecified atom stereocenters. The Hall–Kier alpha value is -1.97. The van der Waals surface area contributed by atoms with E-state index < -0.39 is 10.0 Å². The maximum atomic E-state index is 11.6. The molecule has 1 heterocycles. The molecule has 0 aliphatic rings. The lowest BCUT2D eigenvalue weighted by atomic mass is 10.2. The standard InChI is InChI=1S/C13H17N3O5S/c1-19-7-8-22(17,18)14-9-12-15-13(16-21-12)10-3-5-11(20-2)6-4-10/h3-6,14H,7-9H2,1-2H3. The molecular weight excluding hydrogens is 310 g/mol. The van der Waals surface area contributed by atoms with Crippen LogP contribution in [0.4, 0.5) is 0 Å². The molecule has 1 aromatic heterocycles. The van der Waals surface area contributed by atoms with E-state index in [1.807, 2.05) is 0 Å². The van der Waals surface area contributed by atoms with Crippen LogP contribution in [0, 0.1) is 0 Å². The minimum atomic E-state index is -3.43. The van der Waals surface area contributed by atoms with Gasteiger partial charge in [0.15, 0.2) is 0 Å².